The van der Waals surface area contributed by atoms with Crippen LogP contribution in [0.3, 0.4) is 0 Å². The summed E-state index contributed by atoms with van der Waals surface area (Å²) in [6, 6.07) is 17.6. The number of rotatable bonds is 5. The van der Waals surface area contributed by atoms with E-state index in [2.05, 4.69) is 20.9 Å². The van der Waals surface area contributed by atoms with Crippen molar-refractivity contribution in [3.05, 3.63) is 77.4 Å². The maximum absolute atomic E-state index is 12.5. The van der Waals surface area contributed by atoms with Gasteiger partial charge < -0.3 is 16.4 Å². The van der Waals surface area contributed by atoms with E-state index < -0.39 is 0 Å². The van der Waals surface area contributed by atoms with E-state index in [4.69, 9.17) is 5.73 Å². The van der Waals surface area contributed by atoms with Crippen LogP contribution in [0.5, 0.6) is 0 Å². The Morgan fingerprint density at radius 2 is 1.53 bits per heavy atom. The predicted octanol–water partition coefficient (Wildman–Crippen LogP) is 5.51. The predicted molar refractivity (Wildman–Crippen MR) is 120 cm³/mol. The van der Waals surface area contributed by atoms with Crippen molar-refractivity contribution in [3.8, 4) is 0 Å². The maximum atomic E-state index is 12.5. The first-order chi connectivity index (χ1) is 14.3. The van der Waals surface area contributed by atoms with E-state index >= 15 is 0 Å². The van der Waals surface area contributed by atoms with Crippen molar-refractivity contribution < 1.29 is 9.59 Å². The molecule has 7 heteroatoms. The van der Waals surface area contributed by atoms with Gasteiger partial charge in [0, 0.05) is 23.9 Å². The average molecular weight is 401 g/mol. The first-order valence-corrected chi connectivity index (χ1v) is 9.40. The molecule has 4 N–H and O–H groups in total. The minimum Gasteiger partial charge on any atom is -0.399 e. The second-order valence-corrected chi connectivity index (χ2v) is 6.93. The lowest BCUT2D eigenvalue weighted by Gasteiger charge is -2.11. The van der Waals surface area contributed by atoms with Crippen molar-refractivity contribution in [3.63, 3.8) is 0 Å². The molecular formula is C23H23N5O2. The molecule has 152 valence electrons. The standard InChI is InChI=1S/C23H23N5O2/c1-14-11-19(12-15(2)22(14)25-16(3)29)27-28-20-10-9-18(24)13-21(20)26-23(30)17-7-5-4-6-8-17/h4-13H,24H2,1-3H3,(H,25,29)(H,26,30). The minimum absolute atomic E-state index is 0.128. The molecule has 2 amide bonds. The molecule has 0 atom stereocenters. The molecule has 0 aromatic heterocycles. The van der Waals surface area contributed by atoms with E-state index in [0.717, 1.165) is 16.8 Å². The number of hydrogen-bond acceptors (Lipinski definition) is 5. The maximum Gasteiger partial charge on any atom is 0.255 e. The molecule has 0 spiro atoms. The van der Waals surface area contributed by atoms with E-state index in [-0.39, 0.29) is 11.8 Å². The summed E-state index contributed by atoms with van der Waals surface area (Å²) < 4.78 is 0. The quantitative estimate of drug-likeness (QED) is 0.387. The van der Waals surface area contributed by atoms with Gasteiger partial charge >= 0.3 is 0 Å². The van der Waals surface area contributed by atoms with Crippen LogP contribution in [-0.4, -0.2) is 11.8 Å². The Morgan fingerprint density at radius 1 is 0.867 bits per heavy atom. The molecule has 0 unspecified atom stereocenters. The number of benzene rings is 3. The van der Waals surface area contributed by atoms with Crippen LogP contribution in [0.25, 0.3) is 0 Å². The Labute approximate surface area is 175 Å². The van der Waals surface area contributed by atoms with E-state index in [1.54, 1.807) is 42.5 Å². The zero-order valence-electron chi connectivity index (χ0n) is 17.1. The second kappa shape index (κ2) is 9.00. The molecule has 0 aliphatic carbocycles. The summed E-state index contributed by atoms with van der Waals surface area (Å²) >= 11 is 0. The summed E-state index contributed by atoms with van der Waals surface area (Å²) in [6.07, 6.45) is 0. The highest BCUT2D eigenvalue weighted by Gasteiger charge is 2.10. The number of carbonyl (C=O) groups excluding carboxylic acids is 2. The van der Waals surface area contributed by atoms with Gasteiger partial charge in [0.15, 0.2) is 0 Å². The third-order valence-corrected chi connectivity index (χ3v) is 4.40. The van der Waals surface area contributed by atoms with Crippen LogP contribution in [0.2, 0.25) is 0 Å². The number of amides is 2. The monoisotopic (exact) mass is 401 g/mol. The molecule has 0 fully saturated rings. The van der Waals surface area contributed by atoms with Crippen LogP contribution in [0.1, 0.15) is 28.4 Å². The highest BCUT2D eigenvalue weighted by atomic mass is 16.2. The Balaban J connectivity index is 1.87. The van der Waals surface area contributed by atoms with Gasteiger partial charge in [-0.25, -0.2) is 0 Å². The number of nitrogens with zero attached hydrogens (tertiary/aromatic N) is 2. The minimum atomic E-state index is -0.260. The largest absolute Gasteiger partial charge is 0.399 e. The molecule has 3 aromatic carbocycles. The van der Waals surface area contributed by atoms with Crippen LogP contribution in [-0.2, 0) is 4.79 Å². The van der Waals surface area contributed by atoms with Crippen molar-refractivity contribution >= 4 is 40.3 Å². The molecule has 3 aromatic rings. The molecule has 0 radical (unpaired) electrons. The van der Waals surface area contributed by atoms with Gasteiger partial charge in [-0.2, -0.15) is 5.11 Å². The van der Waals surface area contributed by atoms with Gasteiger partial charge in [0.1, 0.15) is 5.69 Å². The lowest BCUT2D eigenvalue weighted by atomic mass is 10.1. The van der Waals surface area contributed by atoms with Crippen molar-refractivity contribution in [1.29, 1.82) is 0 Å². The molecule has 30 heavy (non-hydrogen) atoms. The zero-order valence-corrected chi connectivity index (χ0v) is 17.1. The Hall–Kier alpha value is -4.00. The Bertz CT molecular complexity index is 1100. The van der Waals surface area contributed by atoms with Gasteiger partial charge in [-0.15, -0.1) is 5.11 Å². The number of nitrogen functional groups attached to an aromatic ring is 1. The smallest absolute Gasteiger partial charge is 0.255 e. The number of nitrogens with one attached hydrogen (secondary N) is 2. The lowest BCUT2D eigenvalue weighted by molar-refractivity contribution is -0.114. The van der Waals surface area contributed by atoms with Crippen LogP contribution < -0.4 is 16.4 Å². The fourth-order valence-corrected chi connectivity index (χ4v) is 3.01. The summed E-state index contributed by atoms with van der Waals surface area (Å²) in [5.74, 6) is -0.389. The van der Waals surface area contributed by atoms with Crippen LogP contribution in [0.15, 0.2) is 70.9 Å². The molecule has 0 bridgehead atoms. The zero-order chi connectivity index (χ0) is 21.7. The lowest BCUT2D eigenvalue weighted by Crippen LogP contribution is -2.11. The fraction of sp³-hybridized carbons (Fsp3) is 0.130. The molecule has 0 saturated carbocycles. The summed E-state index contributed by atoms with van der Waals surface area (Å²) in [7, 11) is 0. The summed E-state index contributed by atoms with van der Waals surface area (Å²) in [5, 5.41) is 14.3. The number of aryl methyl sites for hydroxylation is 2. The van der Waals surface area contributed by atoms with Gasteiger partial charge in [-0.05, 0) is 67.4 Å². The van der Waals surface area contributed by atoms with Crippen LogP contribution in [0, 0.1) is 13.8 Å². The summed E-state index contributed by atoms with van der Waals surface area (Å²) in [4.78, 5) is 23.9. The van der Waals surface area contributed by atoms with Gasteiger partial charge in [-0.3, -0.25) is 9.59 Å². The fourth-order valence-electron chi connectivity index (χ4n) is 3.01. The Morgan fingerprint density at radius 3 is 2.17 bits per heavy atom. The number of azo groups is 1. The first-order valence-electron chi connectivity index (χ1n) is 9.40. The average Bonchev–Trinajstić information content (AvgIpc) is 2.70. The molecular weight excluding hydrogens is 378 g/mol. The van der Waals surface area contributed by atoms with Crippen molar-refractivity contribution in [2.45, 2.75) is 20.8 Å². The van der Waals surface area contributed by atoms with Crippen LogP contribution in [0.4, 0.5) is 28.4 Å². The van der Waals surface area contributed by atoms with E-state index in [1.807, 2.05) is 32.0 Å². The van der Waals surface area contributed by atoms with Gasteiger partial charge in [0.05, 0.1) is 11.4 Å². The van der Waals surface area contributed by atoms with Gasteiger partial charge in [-0.1, -0.05) is 18.2 Å². The number of nitrogens with two attached hydrogens (primary N) is 1. The van der Waals surface area contributed by atoms with Crippen molar-refractivity contribution in [2.75, 3.05) is 16.4 Å². The summed E-state index contributed by atoms with van der Waals surface area (Å²) in [5.41, 5.74) is 11.0. The second-order valence-electron chi connectivity index (χ2n) is 6.93. The van der Waals surface area contributed by atoms with Gasteiger partial charge in [0.2, 0.25) is 5.91 Å². The number of anilines is 3. The van der Waals surface area contributed by atoms with E-state index in [1.165, 1.54) is 6.92 Å². The number of hydrogen-bond donors (Lipinski definition) is 3. The topological polar surface area (TPSA) is 109 Å². The SMILES string of the molecule is CC(=O)Nc1c(C)cc(N=Nc2ccc(N)cc2NC(=O)c2ccccc2)cc1C. The van der Waals surface area contributed by atoms with Crippen LogP contribution >= 0.6 is 0 Å². The van der Waals surface area contributed by atoms with Crippen molar-refractivity contribution in [1.82, 2.24) is 0 Å². The van der Waals surface area contributed by atoms with Gasteiger partial charge in [0.25, 0.3) is 5.91 Å². The molecule has 3 rings (SSSR count). The third kappa shape index (κ3) is 5.08. The molecule has 0 heterocycles. The Kier molecular flexibility index (Phi) is 6.22. The number of carbonyl (C=O) groups is 2. The normalized spacial score (nSPS) is 10.8. The van der Waals surface area contributed by atoms with Crippen molar-refractivity contribution in [2.24, 2.45) is 10.2 Å². The highest BCUT2D eigenvalue weighted by molar-refractivity contribution is 6.05. The van der Waals surface area contributed by atoms with E-state index in [0.29, 0.717) is 28.3 Å². The van der Waals surface area contributed by atoms with E-state index in [9.17, 15) is 9.59 Å². The molecule has 0 aliphatic rings. The third-order valence-electron chi connectivity index (χ3n) is 4.40. The summed E-state index contributed by atoms with van der Waals surface area (Å²) in [6.45, 7) is 5.26. The molecule has 7 nitrogen and oxygen atoms in total. The first kappa shape index (κ1) is 20.7. The highest BCUT2D eigenvalue weighted by Crippen LogP contribution is 2.31. The molecule has 0 saturated heterocycles. The molecule has 0 aliphatic heterocycles.